The van der Waals surface area contributed by atoms with Crippen LogP contribution in [-0.2, 0) is 22.5 Å². The van der Waals surface area contributed by atoms with Crippen LogP contribution in [0.2, 0.25) is 0 Å². The fourth-order valence-electron chi connectivity index (χ4n) is 4.14. The second-order valence-corrected chi connectivity index (χ2v) is 8.15. The normalized spacial score (nSPS) is 14.1. The van der Waals surface area contributed by atoms with Crippen LogP contribution in [0.1, 0.15) is 11.1 Å². The van der Waals surface area contributed by atoms with Crippen molar-refractivity contribution in [1.82, 2.24) is 4.90 Å². The summed E-state index contributed by atoms with van der Waals surface area (Å²) >= 11 is 0. The van der Waals surface area contributed by atoms with Gasteiger partial charge >= 0.3 is 5.97 Å². The second-order valence-electron chi connectivity index (χ2n) is 8.15. The highest BCUT2D eigenvalue weighted by Crippen LogP contribution is 2.34. The molecule has 0 fully saturated rings. The molecule has 0 radical (unpaired) electrons. The quantitative estimate of drug-likeness (QED) is 0.375. The number of fused-ring (bicyclic) bond motifs is 3. The predicted octanol–water partition coefficient (Wildman–Crippen LogP) is 4.66. The van der Waals surface area contributed by atoms with Crippen LogP contribution in [0, 0.1) is 5.82 Å². The van der Waals surface area contributed by atoms with Gasteiger partial charge in [-0.3, -0.25) is 14.5 Å². The van der Waals surface area contributed by atoms with E-state index in [2.05, 4.69) is 0 Å². The van der Waals surface area contributed by atoms with E-state index in [1.54, 1.807) is 12.1 Å². The van der Waals surface area contributed by atoms with Gasteiger partial charge in [0.05, 0.1) is 18.1 Å². The van der Waals surface area contributed by atoms with Crippen LogP contribution in [0.25, 0.3) is 11.0 Å². The largest absolute Gasteiger partial charge is 0.478 e. The molecule has 2 heterocycles. The van der Waals surface area contributed by atoms with E-state index in [1.165, 1.54) is 37.6 Å². The number of esters is 1. The molecule has 8 heteroatoms. The van der Waals surface area contributed by atoms with E-state index in [9.17, 15) is 14.0 Å². The standard InChI is InChI=1S/C27H22FNO6/c1-32-27(31)22(13-17-5-3-2-4-6-17)29-14-21-23(34-16-29)12-11-20-25(30)24(15-33-26(20)21)35-19-9-7-18(28)8-10-19/h2-12,15,22H,13-14,16H2,1H3. The Morgan fingerprint density at radius 1 is 1.09 bits per heavy atom. The third kappa shape index (κ3) is 4.61. The van der Waals surface area contributed by atoms with Crippen molar-refractivity contribution in [2.24, 2.45) is 0 Å². The molecule has 0 saturated heterocycles. The van der Waals surface area contributed by atoms with E-state index < -0.39 is 11.9 Å². The van der Waals surface area contributed by atoms with Gasteiger partial charge in [-0.2, -0.15) is 0 Å². The minimum absolute atomic E-state index is 0.0193. The zero-order chi connectivity index (χ0) is 24.4. The number of methoxy groups -OCH3 is 1. The Kier molecular flexibility index (Phi) is 6.20. The monoisotopic (exact) mass is 475 g/mol. The highest BCUT2D eigenvalue weighted by molar-refractivity contribution is 5.83. The van der Waals surface area contributed by atoms with Crippen LogP contribution >= 0.6 is 0 Å². The molecule has 1 atom stereocenters. The fraction of sp³-hybridized carbons (Fsp3) is 0.185. The lowest BCUT2D eigenvalue weighted by Gasteiger charge is -2.34. The Morgan fingerprint density at radius 2 is 1.86 bits per heavy atom. The van der Waals surface area contributed by atoms with Gasteiger partial charge in [-0.1, -0.05) is 30.3 Å². The van der Waals surface area contributed by atoms with Crippen molar-refractivity contribution in [3.63, 3.8) is 0 Å². The number of benzene rings is 3. The molecule has 1 aromatic heterocycles. The SMILES string of the molecule is COC(=O)C(Cc1ccccc1)N1COc2ccc3c(=O)c(Oc4ccc(F)cc4)coc3c2C1. The van der Waals surface area contributed by atoms with Gasteiger partial charge in [0.1, 0.15) is 41.9 Å². The first-order chi connectivity index (χ1) is 17.0. The average molecular weight is 475 g/mol. The molecule has 0 spiro atoms. The topological polar surface area (TPSA) is 78.2 Å². The minimum atomic E-state index is -0.585. The van der Waals surface area contributed by atoms with Crippen LogP contribution < -0.4 is 14.9 Å². The van der Waals surface area contributed by atoms with Crippen molar-refractivity contribution in [3.05, 3.63) is 100 Å². The highest BCUT2D eigenvalue weighted by atomic mass is 19.1. The lowest BCUT2D eigenvalue weighted by Crippen LogP contribution is -2.46. The number of carbonyl (C=O) groups excluding carboxylic acids is 1. The lowest BCUT2D eigenvalue weighted by atomic mass is 10.0. The van der Waals surface area contributed by atoms with E-state index in [4.69, 9.17) is 18.6 Å². The first-order valence-electron chi connectivity index (χ1n) is 11.0. The Labute approximate surface area is 200 Å². The van der Waals surface area contributed by atoms with Crippen LogP contribution in [0.15, 0.2) is 82.2 Å². The lowest BCUT2D eigenvalue weighted by molar-refractivity contribution is -0.149. The molecule has 1 unspecified atom stereocenters. The molecule has 0 saturated carbocycles. The van der Waals surface area contributed by atoms with Gasteiger partial charge in [-0.15, -0.1) is 0 Å². The molecule has 35 heavy (non-hydrogen) atoms. The zero-order valence-corrected chi connectivity index (χ0v) is 18.9. The first-order valence-corrected chi connectivity index (χ1v) is 11.0. The summed E-state index contributed by atoms with van der Waals surface area (Å²) in [4.78, 5) is 27.6. The Hall–Kier alpha value is -4.17. The number of rotatable bonds is 6. The second kappa shape index (κ2) is 9.60. The molecular formula is C27H22FNO6. The van der Waals surface area contributed by atoms with E-state index in [-0.39, 0.29) is 23.9 Å². The molecule has 3 aromatic carbocycles. The summed E-state index contributed by atoms with van der Waals surface area (Å²) in [6, 6.07) is 17.7. The third-order valence-electron chi connectivity index (χ3n) is 5.94. The summed E-state index contributed by atoms with van der Waals surface area (Å²) in [5, 5.41) is 0.312. The van der Waals surface area contributed by atoms with Crippen molar-refractivity contribution in [3.8, 4) is 17.2 Å². The van der Waals surface area contributed by atoms with Crippen LogP contribution in [0.5, 0.6) is 17.2 Å². The van der Waals surface area contributed by atoms with Gasteiger partial charge in [0.15, 0.2) is 0 Å². The third-order valence-corrected chi connectivity index (χ3v) is 5.94. The number of halogens is 1. The molecule has 0 aliphatic carbocycles. The zero-order valence-electron chi connectivity index (χ0n) is 18.9. The van der Waals surface area contributed by atoms with Crippen molar-refractivity contribution >= 4 is 16.9 Å². The molecule has 0 amide bonds. The van der Waals surface area contributed by atoms with Gasteiger partial charge < -0.3 is 18.6 Å². The summed E-state index contributed by atoms with van der Waals surface area (Å²) in [5.41, 5.74) is 1.62. The van der Waals surface area contributed by atoms with Gasteiger partial charge in [0.25, 0.3) is 0 Å². The molecule has 1 aliphatic rings. The number of ether oxygens (including phenoxy) is 3. The van der Waals surface area contributed by atoms with E-state index in [0.717, 1.165) is 5.56 Å². The van der Waals surface area contributed by atoms with Gasteiger partial charge in [-0.25, -0.2) is 4.39 Å². The Morgan fingerprint density at radius 3 is 2.60 bits per heavy atom. The maximum atomic E-state index is 13.2. The van der Waals surface area contributed by atoms with Crippen LogP contribution in [0.4, 0.5) is 4.39 Å². The van der Waals surface area contributed by atoms with Crippen LogP contribution in [-0.4, -0.2) is 30.8 Å². The molecule has 0 bridgehead atoms. The van der Waals surface area contributed by atoms with Gasteiger partial charge in [-0.05, 0) is 48.4 Å². The molecule has 4 aromatic rings. The fourth-order valence-corrected chi connectivity index (χ4v) is 4.14. The van der Waals surface area contributed by atoms with Gasteiger partial charge in [0, 0.05) is 6.54 Å². The molecule has 1 aliphatic heterocycles. The summed E-state index contributed by atoms with van der Waals surface area (Å²) in [6.07, 6.45) is 1.67. The number of carbonyl (C=O) groups is 1. The number of nitrogens with zero attached hydrogens (tertiary/aromatic N) is 1. The minimum Gasteiger partial charge on any atom is -0.478 e. The highest BCUT2D eigenvalue weighted by Gasteiger charge is 2.32. The average Bonchev–Trinajstić information content (AvgIpc) is 2.90. The molecular weight excluding hydrogens is 453 g/mol. The van der Waals surface area contributed by atoms with Crippen molar-refractivity contribution in [2.75, 3.05) is 13.8 Å². The predicted molar refractivity (Wildman–Crippen MR) is 126 cm³/mol. The summed E-state index contributed by atoms with van der Waals surface area (Å²) in [6.45, 7) is 0.501. The van der Waals surface area contributed by atoms with Crippen molar-refractivity contribution in [2.45, 2.75) is 19.0 Å². The smallest absolute Gasteiger partial charge is 0.323 e. The Bertz CT molecular complexity index is 1420. The molecule has 0 N–H and O–H groups in total. The summed E-state index contributed by atoms with van der Waals surface area (Å²) < 4.78 is 35.6. The number of hydrogen-bond acceptors (Lipinski definition) is 7. The first kappa shape index (κ1) is 22.6. The van der Waals surface area contributed by atoms with Crippen LogP contribution in [0.3, 0.4) is 0 Å². The molecule has 5 rings (SSSR count). The summed E-state index contributed by atoms with van der Waals surface area (Å²) in [5.74, 6) is 0.0862. The maximum Gasteiger partial charge on any atom is 0.323 e. The van der Waals surface area contributed by atoms with E-state index >= 15 is 0 Å². The number of hydrogen-bond donors (Lipinski definition) is 0. The molecule has 7 nitrogen and oxygen atoms in total. The van der Waals surface area contributed by atoms with E-state index in [1.807, 2.05) is 35.2 Å². The van der Waals surface area contributed by atoms with E-state index in [0.29, 0.717) is 41.0 Å². The maximum absolute atomic E-state index is 13.2. The van der Waals surface area contributed by atoms with Crippen molar-refractivity contribution < 1.29 is 27.8 Å². The molecule has 178 valence electrons. The summed E-state index contributed by atoms with van der Waals surface area (Å²) in [7, 11) is 1.36. The van der Waals surface area contributed by atoms with Crippen molar-refractivity contribution in [1.29, 1.82) is 0 Å². The van der Waals surface area contributed by atoms with Gasteiger partial charge in [0.2, 0.25) is 11.2 Å². The Balaban J connectivity index is 1.46.